The van der Waals surface area contributed by atoms with E-state index in [1.54, 1.807) is 7.11 Å². The first-order valence-electron chi connectivity index (χ1n) is 15.5. The number of rotatable bonds is 14. The van der Waals surface area contributed by atoms with Gasteiger partial charge in [0, 0.05) is 11.8 Å². The van der Waals surface area contributed by atoms with E-state index in [1.807, 2.05) is 66.0 Å². The standard InChI is InChI=1S/C38H44O4S2/c1-29(26-41-27-31-20-22-35(40-3)23-21-31)38(43-24-13-25-44-38)30(2)36(39)28-42-37(32-14-7-4-8-15-32,33-16-9-5-10-17-33)34-18-11-6-12-19-34/h4-12,14-23,29-30,36,39H,13,24-28H2,1-3H3/t29-,30+,36-/m0/s1. The maximum absolute atomic E-state index is 11.9. The molecule has 1 fully saturated rings. The van der Waals surface area contributed by atoms with Gasteiger partial charge in [0.05, 0.1) is 37.1 Å². The molecule has 4 aromatic carbocycles. The molecule has 0 bridgehead atoms. The number of methoxy groups -OCH3 is 1. The van der Waals surface area contributed by atoms with E-state index in [0.717, 1.165) is 39.5 Å². The lowest BCUT2D eigenvalue weighted by molar-refractivity contribution is -0.0580. The van der Waals surface area contributed by atoms with E-state index < -0.39 is 11.7 Å². The van der Waals surface area contributed by atoms with Crippen molar-refractivity contribution in [3.05, 3.63) is 138 Å². The summed E-state index contributed by atoms with van der Waals surface area (Å²) >= 11 is 3.96. The number of thioether (sulfide) groups is 2. The fraction of sp³-hybridized carbons (Fsp3) is 0.368. The molecule has 0 aliphatic carbocycles. The Balaban J connectivity index is 1.37. The Labute approximate surface area is 271 Å². The second-order valence-electron chi connectivity index (χ2n) is 11.5. The van der Waals surface area contributed by atoms with Gasteiger partial charge in [-0.2, -0.15) is 0 Å². The molecule has 0 spiro atoms. The third-order valence-electron chi connectivity index (χ3n) is 8.65. The van der Waals surface area contributed by atoms with E-state index in [1.165, 1.54) is 6.42 Å². The van der Waals surface area contributed by atoms with Gasteiger partial charge < -0.3 is 19.3 Å². The van der Waals surface area contributed by atoms with Gasteiger partial charge in [0.25, 0.3) is 0 Å². The Hall–Kier alpha value is -2.74. The van der Waals surface area contributed by atoms with Crippen LogP contribution in [0.2, 0.25) is 0 Å². The van der Waals surface area contributed by atoms with Crippen molar-refractivity contribution in [2.75, 3.05) is 31.8 Å². The molecule has 1 heterocycles. The summed E-state index contributed by atoms with van der Waals surface area (Å²) in [6.45, 7) is 5.82. The molecular formula is C38H44O4S2. The minimum atomic E-state index is -0.864. The van der Waals surface area contributed by atoms with Gasteiger partial charge in [0.15, 0.2) is 0 Å². The largest absolute Gasteiger partial charge is 0.497 e. The van der Waals surface area contributed by atoms with Gasteiger partial charge in [0.2, 0.25) is 0 Å². The predicted octanol–water partition coefficient (Wildman–Crippen LogP) is 8.42. The first kappa shape index (κ1) is 32.6. The van der Waals surface area contributed by atoms with Crippen LogP contribution < -0.4 is 4.74 Å². The van der Waals surface area contributed by atoms with Crippen LogP contribution in [0.3, 0.4) is 0 Å². The molecule has 0 radical (unpaired) electrons. The highest BCUT2D eigenvalue weighted by Gasteiger charge is 2.47. The van der Waals surface area contributed by atoms with Crippen LogP contribution in [-0.2, 0) is 21.7 Å². The van der Waals surface area contributed by atoms with Crippen LogP contribution in [0.1, 0.15) is 42.5 Å². The van der Waals surface area contributed by atoms with Gasteiger partial charge in [-0.15, -0.1) is 23.5 Å². The van der Waals surface area contributed by atoms with E-state index in [9.17, 15) is 5.11 Å². The zero-order valence-corrected chi connectivity index (χ0v) is 27.6. The predicted molar refractivity (Wildman–Crippen MR) is 184 cm³/mol. The van der Waals surface area contributed by atoms with Crippen LogP contribution in [0, 0.1) is 11.8 Å². The number of aliphatic hydroxyl groups is 1. The highest BCUT2D eigenvalue weighted by molar-refractivity contribution is 8.18. The quantitative estimate of drug-likeness (QED) is 0.142. The van der Waals surface area contributed by atoms with Crippen LogP contribution in [0.5, 0.6) is 5.75 Å². The number of hydrogen-bond acceptors (Lipinski definition) is 6. The second-order valence-corrected chi connectivity index (χ2v) is 14.5. The molecule has 0 amide bonds. The van der Waals surface area contributed by atoms with Crippen molar-refractivity contribution in [3.63, 3.8) is 0 Å². The molecule has 44 heavy (non-hydrogen) atoms. The fourth-order valence-electron chi connectivity index (χ4n) is 6.14. The molecule has 232 valence electrons. The zero-order chi connectivity index (χ0) is 30.8. The number of ether oxygens (including phenoxy) is 3. The molecule has 1 aliphatic rings. The van der Waals surface area contributed by atoms with Crippen molar-refractivity contribution in [1.82, 2.24) is 0 Å². The average molecular weight is 629 g/mol. The van der Waals surface area contributed by atoms with E-state index in [2.05, 4.69) is 86.6 Å². The Morgan fingerprint density at radius 2 is 1.23 bits per heavy atom. The third-order valence-corrected chi connectivity index (χ3v) is 12.8. The summed E-state index contributed by atoms with van der Waals surface area (Å²) in [7, 11) is 1.68. The summed E-state index contributed by atoms with van der Waals surface area (Å²) in [5, 5.41) is 11.9. The van der Waals surface area contributed by atoms with Gasteiger partial charge >= 0.3 is 0 Å². The first-order chi connectivity index (χ1) is 21.5. The van der Waals surface area contributed by atoms with E-state index in [0.29, 0.717) is 13.2 Å². The molecular weight excluding hydrogens is 585 g/mol. The Kier molecular flexibility index (Phi) is 11.5. The third kappa shape index (κ3) is 7.21. The Morgan fingerprint density at radius 3 is 1.70 bits per heavy atom. The molecule has 5 rings (SSSR count). The van der Waals surface area contributed by atoms with Gasteiger partial charge in [-0.05, 0) is 52.3 Å². The summed E-state index contributed by atoms with van der Waals surface area (Å²) in [5.41, 5.74) is 3.37. The minimum absolute atomic E-state index is 0.0302. The van der Waals surface area contributed by atoms with Crippen molar-refractivity contribution in [2.45, 2.75) is 42.7 Å². The summed E-state index contributed by atoms with van der Waals surface area (Å²) in [6, 6.07) is 39.1. The molecule has 4 nitrogen and oxygen atoms in total. The normalized spacial score (nSPS) is 17.0. The SMILES string of the molecule is COc1ccc(COC[C@H](C)C2([C@H](C)[C@@H](O)COC(c3ccccc3)(c3ccccc3)c3ccccc3)SCCCS2)cc1. The average Bonchev–Trinajstić information content (AvgIpc) is 3.10. The summed E-state index contributed by atoms with van der Waals surface area (Å²) in [4.78, 5) is 0. The Morgan fingerprint density at radius 1 is 0.727 bits per heavy atom. The first-order valence-corrected chi connectivity index (χ1v) is 17.4. The van der Waals surface area contributed by atoms with Crippen molar-refractivity contribution in [3.8, 4) is 5.75 Å². The molecule has 1 aliphatic heterocycles. The lowest BCUT2D eigenvalue weighted by Crippen LogP contribution is -2.48. The van der Waals surface area contributed by atoms with Crippen molar-refractivity contribution in [1.29, 1.82) is 0 Å². The highest BCUT2D eigenvalue weighted by Crippen LogP contribution is 2.54. The molecule has 6 heteroatoms. The number of hydrogen-bond donors (Lipinski definition) is 1. The summed E-state index contributed by atoms with van der Waals surface area (Å²) < 4.78 is 18.4. The van der Waals surface area contributed by atoms with E-state index >= 15 is 0 Å². The van der Waals surface area contributed by atoms with Crippen LogP contribution in [0.15, 0.2) is 115 Å². The highest BCUT2D eigenvalue weighted by atomic mass is 32.2. The molecule has 4 aromatic rings. The number of benzene rings is 4. The monoisotopic (exact) mass is 628 g/mol. The van der Waals surface area contributed by atoms with E-state index in [-0.39, 0.29) is 22.5 Å². The van der Waals surface area contributed by atoms with Gasteiger partial charge in [-0.1, -0.05) is 117 Å². The summed E-state index contributed by atoms with van der Waals surface area (Å²) in [5.74, 6) is 3.20. The van der Waals surface area contributed by atoms with Crippen LogP contribution in [0.4, 0.5) is 0 Å². The fourth-order valence-corrected chi connectivity index (χ4v) is 9.92. The van der Waals surface area contributed by atoms with Crippen molar-refractivity contribution < 1.29 is 19.3 Å². The topological polar surface area (TPSA) is 47.9 Å². The van der Waals surface area contributed by atoms with Crippen molar-refractivity contribution in [2.24, 2.45) is 11.8 Å². The molecule has 3 atom stereocenters. The van der Waals surface area contributed by atoms with Gasteiger partial charge in [0.1, 0.15) is 11.4 Å². The van der Waals surface area contributed by atoms with Gasteiger partial charge in [-0.3, -0.25) is 0 Å². The maximum atomic E-state index is 11.9. The molecule has 1 saturated heterocycles. The molecule has 0 aromatic heterocycles. The molecule has 0 saturated carbocycles. The maximum Gasteiger partial charge on any atom is 0.143 e. The van der Waals surface area contributed by atoms with Crippen LogP contribution >= 0.6 is 23.5 Å². The Bertz CT molecular complexity index is 1300. The summed E-state index contributed by atoms with van der Waals surface area (Å²) in [6.07, 6.45) is 0.502. The lowest BCUT2D eigenvalue weighted by Gasteiger charge is -2.47. The zero-order valence-electron chi connectivity index (χ0n) is 25.9. The van der Waals surface area contributed by atoms with Gasteiger partial charge in [-0.25, -0.2) is 0 Å². The van der Waals surface area contributed by atoms with E-state index in [4.69, 9.17) is 14.2 Å². The van der Waals surface area contributed by atoms with Crippen LogP contribution in [0.25, 0.3) is 0 Å². The smallest absolute Gasteiger partial charge is 0.143 e. The minimum Gasteiger partial charge on any atom is -0.497 e. The second kappa shape index (κ2) is 15.5. The molecule has 1 N–H and O–H groups in total. The number of aliphatic hydroxyl groups excluding tert-OH is 1. The van der Waals surface area contributed by atoms with Crippen molar-refractivity contribution >= 4 is 23.5 Å². The lowest BCUT2D eigenvalue weighted by atomic mass is 9.80. The van der Waals surface area contributed by atoms with Crippen LogP contribution in [-0.4, -0.2) is 47.1 Å². The molecule has 0 unspecified atom stereocenters.